The Hall–Kier alpha value is -0.960. The maximum atomic E-state index is 9.12. The topological polar surface area (TPSA) is 62.7 Å². The molecule has 1 aromatic carbocycles. The van der Waals surface area contributed by atoms with E-state index in [2.05, 4.69) is 11.1 Å². The number of benzene rings is 1. The minimum atomic E-state index is 0. The SMILES string of the molecule is Cl.Cl.N#Cc1ccc(Cl)cc1SC(CN)c1cccnc1. The summed E-state index contributed by atoms with van der Waals surface area (Å²) in [6.07, 6.45) is 3.52. The van der Waals surface area contributed by atoms with Crippen LogP contribution in [0.15, 0.2) is 47.6 Å². The molecule has 2 N–H and O–H groups in total. The molecule has 2 aromatic rings. The van der Waals surface area contributed by atoms with Gasteiger partial charge in [-0.3, -0.25) is 4.98 Å². The standard InChI is InChI=1S/C14H12ClN3S.2ClH/c15-12-4-3-10(7-16)13(6-12)19-14(8-17)11-2-1-5-18-9-11;;/h1-6,9,14H,8,17H2;2*1H. The number of nitrogens with two attached hydrogens (primary N) is 1. The van der Waals surface area contributed by atoms with Crippen LogP contribution in [0.1, 0.15) is 16.4 Å². The lowest BCUT2D eigenvalue weighted by Crippen LogP contribution is -2.09. The molecule has 1 aromatic heterocycles. The van der Waals surface area contributed by atoms with E-state index in [1.54, 1.807) is 30.6 Å². The molecule has 112 valence electrons. The van der Waals surface area contributed by atoms with Crippen molar-refractivity contribution in [2.24, 2.45) is 5.73 Å². The predicted molar refractivity (Wildman–Crippen MR) is 92.6 cm³/mol. The summed E-state index contributed by atoms with van der Waals surface area (Å²) in [5, 5.41) is 9.78. The first-order chi connectivity index (χ1) is 9.24. The minimum absolute atomic E-state index is 0. The molecule has 21 heavy (non-hydrogen) atoms. The van der Waals surface area contributed by atoms with E-state index < -0.39 is 0 Å². The van der Waals surface area contributed by atoms with Crippen LogP contribution in [-0.2, 0) is 0 Å². The number of hydrogen-bond donors (Lipinski definition) is 1. The Morgan fingerprint density at radius 3 is 2.67 bits per heavy atom. The third-order valence-corrected chi connectivity index (χ3v) is 4.18. The van der Waals surface area contributed by atoms with E-state index in [-0.39, 0.29) is 30.1 Å². The highest BCUT2D eigenvalue weighted by molar-refractivity contribution is 7.99. The van der Waals surface area contributed by atoms with Crippen molar-refractivity contribution in [3.63, 3.8) is 0 Å². The van der Waals surface area contributed by atoms with Crippen LogP contribution in [0.5, 0.6) is 0 Å². The molecule has 0 fully saturated rings. The van der Waals surface area contributed by atoms with Crippen molar-refractivity contribution < 1.29 is 0 Å². The van der Waals surface area contributed by atoms with Crippen molar-refractivity contribution >= 4 is 48.2 Å². The average molecular weight is 363 g/mol. The molecule has 0 radical (unpaired) electrons. The van der Waals surface area contributed by atoms with Gasteiger partial charge in [0, 0.05) is 34.1 Å². The van der Waals surface area contributed by atoms with Gasteiger partial charge < -0.3 is 5.73 Å². The number of aromatic nitrogens is 1. The van der Waals surface area contributed by atoms with Gasteiger partial charge in [-0.25, -0.2) is 0 Å². The minimum Gasteiger partial charge on any atom is -0.329 e. The van der Waals surface area contributed by atoms with Crippen LogP contribution in [0.25, 0.3) is 0 Å². The fourth-order valence-corrected chi connectivity index (χ4v) is 3.01. The quantitative estimate of drug-likeness (QED) is 0.826. The van der Waals surface area contributed by atoms with E-state index in [4.69, 9.17) is 22.6 Å². The summed E-state index contributed by atoms with van der Waals surface area (Å²) in [6, 6.07) is 11.3. The maximum absolute atomic E-state index is 9.12. The highest BCUT2D eigenvalue weighted by atomic mass is 35.5. The Kier molecular flexibility index (Phi) is 9.43. The summed E-state index contributed by atoms with van der Waals surface area (Å²) in [5.74, 6) is 0. The largest absolute Gasteiger partial charge is 0.329 e. The van der Waals surface area contributed by atoms with Crippen LogP contribution in [0.2, 0.25) is 5.02 Å². The zero-order valence-corrected chi connectivity index (χ0v) is 14.1. The van der Waals surface area contributed by atoms with E-state index in [1.165, 1.54) is 11.8 Å². The fourth-order valence-electron chi connectivity index (χ4n) is 1.66. The lowest BCUT2D eigenvalue weighted by Gasteiger charge is -2.15. The van der Waals surface area contributed by atoms with Gasteiger partial charge in [0.05, 0.1) is 5.56 Å². The van der Waals surface area contributed by atoms with Gasteiger partial charge in [-0.15, -0.1) is 36.6 Å². The van der Waals surface area contributed by atoms with Gasteiger partial charge in [-0.1, -0.05) is 17.7 Å². The van der Waals surface area contributed by atoms with Gasteiger partial charge in [-0.05, 0) is 29.8 Å². The summed E-state index contributed by atoms with van der Waals surface area (Å²) in [7, 11) is 0. The Morgan fingerprint density at radius 1 is 1.33 bits per heavy atom. The molecule has 0 bridgehead atoms. The van der Waals surface area contributed by atoms with E-state index in [9.17, 15) is 0 Å². The van der Waals surface area contributed by atoms with E-state index >= 15 is 0 Å². The van der Waals surface area contributed by atoms with Gasteiger partial charge in [0.25, 0.3) is 0 Å². The summed E-state index contributed by atoms with van der Waals surface area (Å²) in [6.45, 7) is 0.466. The first-order valence-electron chi connectivity index (χ1n) is 5.71. The van der Waals surface area contributed by atoms with Crippen LogP contribution < -0.4 is 5.73 Å². The summed E-state index contributed by atoms with van der Waals surface area (Å²) >= 11 is 7.52. The monoisotopic (exact) mass is 361 g/mol. The molecular formula is C14H14Cl3N3S. The average Bonchev–Trinajstić information content (AvgIpc) is 2.46. The molecule has 1 atom stereocenters. The first-order valence-corrected chi connectivity index (χ1v) is 6.96. The second-order valence-electron chi connectivity index (χ2n) is 3.88. The summed E-state index contributed by atoms with van der Waals surface area (Å²) < 4.78 is 0. The zero-order chi connectivity index (χ0) is 13.7. The van der Waals surface area contributed by atoms with Crippen molar-refractivity contribution in [2.45, 2.75) is 10.1 Å². The van der Waals surface area contributed by atoms with Crippen LogP contribution >= 0.6 is 48.2 Å². The number of nitrogens with zero attached hydrogens (tertiary/aromatic N) is 2. The molecule has 3 nitrogen and oxygen atoms in total. The first kappa shape index (κ1) is 20.0. The van der Waals surface area contributed by atoms with Crippen molar-refractivity contribution in [2.75, 3.05) is 6.54 Å². The van der Waals surface area contributed by atoms with Gasteiger partial charge in [0.15, 0.2) is 0 Å². The molecule has 0 aliphatic rings. The number of nitriles is 1. The molecule has 1 heterocycles. The number of rotatable bonds is 4. The molecular weight excluding hydrogens is 349 g/mol. The predicted octanol–water partition coefficient (Wildman–Crippen LogP) is 4.24. The lowest BCUT2D eigenvalue weighted by atomic mass is 10.2. The van der Waals surface area contributed by atoms with Gasteiger partial charge >= 0.3 is 0 Å². The van der Waals surface area contributed by atoms with E-state index in [0.717, 1.165) is 10.5 Å². The summed E-state index contributed by atoms with van der Waals surface area (Å²) in [5.41, 5.74) is 7.47. The molecule has 0 aliphatic heterocycles. The van der Waals surface area contributed by atoms with Crippen molar-refractivity contribution in [3.05, 3.63) is 58.9 Å². The second kappa shape index (κ2) is 9.88. The van der Waals surface area contributed by atoms with Crippen LogP contribution in [0, 0.1) is 11.3 Å². The number of pyridine rings is 1. The van der Waals surface area contributed by atoms with Gasteiger partial charge in [-0.2, -0.15) is 5.26 Å². The third-order valence-electron chi connectivity index (χ3n) is 2.60. The second-order valence-corrected chi connectivity index (χ2v) is 5.56. The normalized spacial score (nSPS) is 10.7. The molecule has 7 heteroatoms. The van der Waals surface area contributed by atoms with Crippen LogP contribution in [0.4, 0.5) is 0 Å². The molecule has 1 unspecified atom stereocenters. The molecule has 0 spiro atoms. The Labute approximate surface area is 145 Å². The molecule has 0 saturated carbocycles. The van der Waals surface area contributed by atoms with Crippen LogP contribution in [0.3, 0.4) is 0 Å². The third kappa shape index (κ3) is 5.39. The zero-order valence-electron chi connectivity index (χ0n) is 10.9. The van der Waals surface area contributed by atoms with E-state index in [1.807, 2.05) is 12.1 Å². The van der Waals surface area contributed by atoms with Gasteiger partial charge in [0.2, 0.25) is 0 Å². The van der Waals surface area contributed by atoms with Crippen molar-refractivity contribution in [1.29, 1.82) is 5.26 Å². The maximum Gasteiger partial charge on any atom is 0.100 e. The molecule has 0 aliphatic carbocycles. The number of thioether (sulfide) groups is 1. The highest BCUT2D eigenvalue weighted by Crippen LogP contribution is 2.37. The van der Waals surface area contributed by atoms with Crippen molar-refractivity contribution in [3.8, 4) is 6.07 Å². The molecule has 0 amide bonds. The highest BCUT2D eigenvalue weighted by Gasteiger charge is 2.14. The Bertz CT molecular complexity index is 602. The van der Waals surface area contributed by atoms with Crippen molar-refractivity contribution in [1.82, 2.24) is 4.98 Å². The smallest absolute Gasteiger partial charge is 0.100 e. The summed E-state index contributed by atoms with van der Waals surface area (Å²) in [4.78, 5) is 4.94. The number of hydrogen-bond acceptors (Lipinski definition) is 4. The lowest BCUT2D eigenvalue weighted by molar-refractivity contribution is 0.931. The fraction of sp³-hybridized carbons (Fsp3) is 0.143. The van der Waals surface area contributed by atoms with E-state index in [0.29, 0.717) is 17.1 Å². The Morgan fingerprint density at radius 2 is 2.10 bits per heavy atom. The Balaban J connectivity index is 0.00000200. The van der Waals surface area contributed by atoms with Gasteiger partial charge in [0.1, 0.15) is 6.07 Å². The number of halogens is 3. The molecule has 2 rings (SSSR count). The molecule has 0 saturated heterocycles. The van der Waals surface area contributed by atoms with Crippen LogP contribution in [-0.4, -0.2) is 11.5 Å².